The molecule has 0 unspecified atom stereocenters. The van der Waals surface area contributed by atoms with Crippen LogP contribution >= 0.6 is 0 Å². The largest absolute Gasteiger partial charge is 0.434 e. The molecule has 0 heterocycles. The minimum atomic E-state index is -2.83. The molecule has 128 valence electrons. The lowest BCUT2D eigenvalue weighted by molar-refractivity contribution is -0.0504. The first-order valence-corrected chi connectivity index (χ1v) is 8.15. The van der Waals surface area contributed by atoms with Crippen molar-refractivity contribution in [2.24, 2.45) is 10.9 Å². The Morgan fingerprint density at radius 1 is 1.35 bits per heavy atom. The minimum absolute atomic E-state index is 0.183. The van der Waals surface area contributed by atoms with Crippen LogP contribution in [-0.2, 0) is 6.54 Å². The highest BCUT2D eigenvalue weighted by Gasteiger charge is 2.20. The van der Waals surface area contributed by atoms with E-state index in [1.165, 1.54) is 12.8 Å². The van der Waals surface area contributed by atoms with Gasteiger partial charge in [-0.1, -0.05) is 30.5 Å². The molecule has 1 aliphatic rings. The van der Waals surface area contributed by atoms with E-state index in [-0.39, 0.29) is 5.75 Å². The molecule has 6 heteroatoms. The number of benzene rings is 1. The van der Waals surface area contributed by atoms with Crippen LogP contribution in [0.3, 0.4) is 0 Å². The quantitative estimate of drug-likeness (QED) is 0.568. The van der Waals surface area contributed by atoms with Crippen molar-refractivity contribution >= 4 is 5.96 Å². The van der Waals surface area contributed by atoms with Crippen molar-refractivity contribution in [1.82, 2.24) is 10.6 Å². The van der Waals surface area contributed by atoms with Gasteiger partial charge in [0, 0.05) is 18.7 Å². The van der Waals surface area contributed by atoms with Gasteiger partial charge in [-0.15, -0.1) is 0 Å². The van der Waals surface area contributed by atoms with Crippen LogP contribution in [0.15, 0.2) is 23.2 Å². The number of halogens is 2. The Labute approximate surface area is 136 Å². The van der Waals surface area contributed by atoms with Gasteiger partial charge in [0.1, 0.15) is 5.75 Å². The van der Waals surface area contributed by atoms with Gasteiger partial charge in [-0.3, -0.25) is 0 Å². The summed E-state index contributed by atoms with van der Waals surface area (Å²) in [7, 11) is 0. The standard InChI is InChI=1S/C17H25F2N3O/c1-3-20-17(21-9-8-13-5-6-13)22-11-14-10-12(2)4-7-15(14)23-16(18)19/h4,7,10,13,16H,3,5-6,8-9,11H2,1-2H3,(H2,20,21,22). The van der Waals surface area contributed by atoms with Crippen LogP contribution in [0.2, 0.25) is 0 Å². The highest BCUT2D eigenvalue weighted by molar-refractivity contribution is 5.79. The predicted molar refractivity (Wildman–Crippen MR) is 88.0 cm³/mol. The third kappa shape index (κ3) is 6.42. The van der Waals surface area contributed by atoms with E-state index in [9.17, 15) is 8.78 Å². The summed E-state index contributed by atoms with van der Waals surface area (Å²) in [6.07, 6.45) is 3.80. The number of alkyl halides is 2. The molecule has 0 spiro atoms. The van der Waals surface area contributed by atoms with Crippen LogP contribution in [-0.4, -0.2) is 25.7 Å². The van der Waals surface area contributed by atoms with Gasteiger partial charge in [0.05, 0.1) is 6.54 Å². The Morgan fingerprint density at radius 2 is 2.13 bits per heavy atom. The number of rotatable bonds is 8. The lowest BCUT2D eigenvalue weighted by atomic mass is 10.1. The van der Waals surface area contributed by atoms with Gasteiger partial charge < -0.3 is 15.4 Å². The second kappa shape index (κ2) is 8.70. The fraction of sp³-hybridized carbons (Fsp3) is 0.588. The number of aryl methyl sites for hydroxylation is 1. The molecule has 1 aliphatic carbocycles. The van der Waals surface area contributed by atoms with Crippen molar-refractivity contribution in [3.05, 3.63) is 29.3 Å². The molecule has 1 fully saturated rings. The van der Waals surface area contributed by atoms with E-state index >= 15 is 0 Å². The minimum Gasteiger partial charge on any atom is -0.434 e. The molecule has 0 saturated heterocycles. The molecule has 0 atom stereocenters. The summed E-state index contributed by atoms with van der Waals surface area (Å²) < 4.78 is 29.5. The Hall–Kier alpha value is -1.85. The van der Waals surface area contributed by atoms with E-state index < -0.39 is 6.61 Å². The van der Waals surface area contributed by atoms with E-state index in [1.807, 2.05) is 19.9 Å². The number of nitrogens with one attached hydrogen (secondary N) is 2. The molecule has 4 nitrogen and oxygen atoms in total. The molecule has 23 heavy (non-hydrogen) atoms. The lowest BCUT2D eigenvalue weighted by Gasteiger charge is -2.13. The summed E-state index contributed by atoms with van der Waals surface area (Å²) in [6.45, 7) is 3.01. The first-order valence-electron chi connectivity index (χ1n) is 8.15. The second-order valence-electron chi connectivity index (χ2n) is 5.84. The summed E-state index contributed by atoms with van der Waals surface area (Å²) in [4.78, 5) is 4.48. The second-order valence-corrected chi connectivity index (χ2v) is 5.84. The van der Waals surface area contributed by atoms with E-state index in [0.717, 1.165) is 31.0 Å². The average molecular weight is 325 g/mol. The van der Waals surface area contributed by atoms with Crippen LogP contribution in [0.25, 0.3) is 0 Å². The van der Waals surface area contributed by atoms with Crippen LogP contribution in [0.5, 0.6) is 5.75 Å². The van der Waals surface area contributed by atoms with Crippen LogP contribution in [0.1, 0.15) is 37.3 Å². The molecule has 2 N–H and O–H groups in total. The maximum atomic E-state index is 12.5. The zero-order valence-electron chi connectivity index (χ0n) is 13.7. The third-order valence-corrected chi connectivity index (χ3v) is 3.73. The lowest BCUT2D eigenvalue weighted by Crippen LogP contribution is -2.37. The van der Waals surface area contributed by atoms with Gasteiger partial charge in [0.2, 0.25) is 0 Å². The topological polar surface area (TPSA) is 45.7 Å². The van der Waals surface area contributed by atoms with Crippen molar-refractivity contribution in [2.45, 2.75) is 46.3 Å². The number of ether oxygens (including phenoxy) is 1. The normalized spacial score (nSPS) is 14.9. The summed E-state index contributed by atoms with van der Waals surface area (Å²) in [5, 5.41) is 6.46. The Morgan fingerprint density at radius 3 is 2.78 bits per heavy atom. The van der Waals surface area contributed by atoms with Crippen LogP contribution in [0.4, 0.5) is 8.78 Å². The fourth-order valence-electron chi connectivity index (χ4n) is 2.35. The number of aliphatic imine (C=N–C) groups is 1. The van der Waals surface area contributed by atoms with Crippen LogP contribution in [0, 0.1) is 12.8 Å². The monoisotopic (exact) mass is 325 g/mol. The molecule has 2 rings (SSSR count). The average Bonchev–Trinajstić information content (AvgIpc) is 3.31. The number of hydrogen-bond donors (Lipinski definition) is 2. The van der Waals surface area contributed by atoms with Crippen molar-refractivity contribution in [3.8, 4) is 5.75 Å². The molecule has 1 saturated carbocycles. The molecule has 0 amide bonds. The third-order valence-electron chi connectivity index (χ3n) is 3.73. The maximum absolute atomic E-state index is 12.5. The van der Waals surface area contributed by atoms with Crippen molar-refractivity contribution in [1.29, 1.82) is 0 Å². The summed E-state index contributed by atoms with van der Waals surface area (Å²) >= 11 is 0. The van der Waals surface area contributed by atoms with E-state index in [2.05, 4.69) is 20.4 Å². The zero-order chi connectivity index (χ0) is 16.7. The Kier molecular flexibility index (Phi) is 6.62. The maximum Gasteiger partial charge on any atom is 0.387 e. The van der Waals surface area contributed by atoms with E-state index in [4.69, 9.17) is 0 Å². The molecular weight excluding hydrogens is 300 g/mol. The molecular formula is C17H25F2N3O. The van der Waals surface area contributed by atoms with Gasteiger partial charge in [-0.2, -0.15) is 8.78 Å². The van der Waals surface area contributed by atoms with E-state index in [0.29, 0.717) is 18.1 Å². The van der Waals surface area contributed by atoms with Gasteiger partial charge in [0.15, 0.2) is 5.96 Å². The van der Waals surface area contributed by atoms with Gasteiger partial charge in [0.25, 0.3) is 0 Å². The van der Waals surface area contributed by atoms with Crippen molar-refractivity contribution in [3.63, 3.8) is 0 Å². The number of guanidine groups is 1. The Balaban J connectivity index is 1.99. The highest BCUT2D eigenvalue weighted by Crippen LogP contribution is 2.31. The number of hydrogen-bond acceptors (Lipinski definition) is 2. The van der Waals surface area contributed by atoms with Crippen molar-refractivity contribution in [2.75, 3.05) is 13.1 Å². The van der Waals surface area contributed by atoms with Crippen LogP contribution < -0.4 is 15.4 Å². The molecule has 0 aliphatic heterocycles. The first-order chi connectivity index (χ1) is 11.1. The SMILES string of the molecule is CCNC(=NCc1cc(C)ccc1OC(F)F)NCCC1CC1. The summed E-state index contributed by atoms with van der Waals surface area (Å²) in [5.74, 6) is 1.74. The van der Waals surface area contributed by atoms with Crippen molar-refractivity contribution < 1.29 is 13.5 Å². The first kappa shape index (κ1) is 17.5. The smallest absolute Gasteiger partial charge is 0.387 e. The molecule has 1 aromatic carbocycles. The zero-order valence-corrected chi connectivity index (χ0v) is 13.7. The van der Waals surface area contributed by atoms with Gasteiger partial charge >= 0.3 is 6.61 Å². The molecule has 0 bridgehead atoms. The Bertz CT molecular complexity index is 531. The molecule has 1 aromatic rings. The van der Waals surface area contributed by atoms with Gasteiger partial charge in [-0.05, 0) is 32.3 Å². The summed E-state index contributed by atoms with van der Waals surface area (Å²) in [5.41, 5.74) is 1.65. The highest BCUT2D eigenvalue weighted by atomic mass is 19.3. The molecule has 0 aromatic heterocycles. The van der Waals surface area contributed by atoms with Gasteiger partial charge in [-0.25, -0.2) is 4.99 Å². The predicted octanol–water partition coefficient (Wildman–Crippen LogP) is 3.45. The number of nitrogens with zero attached hydrogens (tertiary/aromatic N) is 1. The fourth-order valence-corrected chi connectivity index (χ4v) is 2.35. The molecule has 0 radical (unpaired) electrons. The summed E-state index contributed by atoms with van der Waals surface area (Å²) in [6, 6.07) is 5.15. The van der Waals surface area contributed by atoms with E-state index in [1.54, 1.807) is 12.1 Å².